The number of halogens is 3. The van der Waals surface area contributed by atoms with Gasteiger partial charge in [0.05, 0.1) is 6.20 Å². The highest BCUT2D eigenvalue weighted by Crippen LogP contribution is 2.30. The fourth-order valence-corrected chi connectivity index (χ4v) is 2.08. The second-order valence-corrected chi connectivity index (χ2v) is 5.01. The molecular formula is C15H7F3N6O2. The molecule has 26 heavy (non-hydrogen) atoms. The first-order valence-corrected chi connectivity index (χ1v) is 7.12. The van der Waals surface area contributed by atoms with Crippen LogP contribution in [-0.2, 0) is 6.18 Å². The van der Waals surface area contributed by atoms with Crippen molar-refractivity contribution in [2.24, 2.45) is 0 Å². The Bertz CT molecular complexity index is 1030. The summed E-state index contributed by atoms with van der Waals surface area (Å²) in [5.74, 6) is -1.08. The first-order valence-electron chi connectivity index (χ1n) is 7.12. The van der Waals surface area contributed by atoms with Crippen LogP contribution >= 0.6 is 0 Å². The molecule has 4 aromatic rings. The molecule has 3 heterocycles. The Labute approximate surface area is 142 Å². The summed E-state index contributed by atoms with van der Waals surface area (Å²) in [7, 11) is 0. The number of hydrogen-bond acceptors (Lipinski definition) is 8. The molecule has 0 fully saturated rings. The lowest BCUT2D eigenvalue weighted by Gasteiger charge is -1.97. The predicted molar refractivity (Wildman–Crippen MR) is 79.1 cm³/mol. The molecule has 8 nitrogen and oxygen atoms in total. The van der Waals surface area contributed by atoms with Crippen LogP contribution < -0.4 is 0 Å². The van der Waals surface area contributed by atoms with E-state index >= 15 is 0 Å². The van der Waals surface area contributed by atoms with E-state index in [0.717, 1.165) is 0 Å². The van der Waals surface area contributed by atoms with Crippen molar-refractivity contribution >= 4 is 0 Å². The minimum atomic E-state index is -4.69. The minimum Gasteiger partial charge on any atom is -0.334 e. The maximum absolute atomic E-state index is 12.5. The van der Waals surface area contributed by atoms with Crippen LogP contribution in [-0.4, -0.2) is 30.2 Å². The Morgan fingerprint density at radius 1 is 0.808 bits per heavy atom. The van der Waals surface area contributed by atoms with Gasteiger partial charge in [0.25, 0.3) is 5.89 Å². The van der Waals surface area contributed by atoms with E-state index in [1.54, 1.807) is 12.1 Å². The highest BCUT2D eigenvalue weighted by molar-refractivity contribution is 5.63. The van der Waals surface area contributed by atoms with Crippen molar-refractivity contribution < 1.29 is 22.2 Å². The van der Waals surface area contributed by atoms with Crippen molar-refractivity contribution in [1.82, 2.24) is 30.2 Å². The van der Waals surface area contributed by atoms with Gasteiger partial charge in [0, 0.05) is 23.5 Å². The van der Waals surface area contributed by atoms with Crippen LogP contribution in [0, 0.1) is 0 Å². The fraction of sp³-hybridized carbons (Fsp3) is 0.0667. The Morgan fingerprint density at radius 3 is 2.19 bits per heavy atom. The van der Waals surface area contributed by atoms with Gasteiger partial charge in [-0.15, -0.1) is 0 Å². The molecule has 0 amide bonds. The Kier molecular flexibility index (Phi) is 3.68. The van der Waals surface area contributed by atoms with E-state index < -0.39 is 12.1 Å². The van der Waals surface area contributed by atoms with Crippen LogP contribution in [0.4, 0.5) is 13.2 Å². The molecule has 0 radical (unpaired) electrons. The molecule has 0 atom stereocenters. The summed E-state index contributed by atoms with van der Waals surface area (Å²) < 4.78 is 46.9. The van der Waals surface area contributed by atoms with E-state index in [1.165, 1.54) is 30.7 Å². The maximum Gasteiger partial charge on any atom is 0.471 e. The van der Waals surface area contributed by atoms with E-state index in [1.807, 2.05) is 0 Å². The molecule has 11 heteroatoms. The van der Waals surface area contributed by atoms with Crippen molar-refractivity contribution in [3.8, 4) is 34.4 Å². The summed E-state index contributed by atoms with van der Waals surface area (Å²) in [6, 6.07) is 6.22. The van der Waals surface area contributed by atoms with Crippen LogP contribution in [0.25, 0.3) is 34.4 Å². The average molecular weight is 360 g/mol. The van der Waals surface area contributed by atoms with Crippen molar-refractivity contribution in [1.29, 1.82) is 0 Å². The number of benzene rings is 1. The maximum atomic E-state index is 12.5. The molecule has 0 saturated heterocycles. The minimum absolute atomic E-state index is 0.172. The van der Waals surface area contributed by atoms with Crippen molar-refractivity contribution in [2.45, 2.75) is 6.18 Å². The zero-order chi connectivity index (χ0) is 18.1. The largest absolute Gasteiger partial charge is 0.471 e. The molecule has 0 saturated carbocycles. The smallest absolute Gasteiger partial charge is 0.334 e. The highest BCUT2D eigenvalue weighted by atomic mass is 19.4. The van der Waals surface area contributed by atoms with Gasteiger partial charge in [0.1, 0.15) is 5.69 Å². The normalized spacial score (nSPS) is 11.7. The van der Waals surface area contributed by atoms with Crippen LogP contribution in [0.1, 0.15) is 5.89 Å². The molecule has 0 bridgehead atoms. The van der Waals surface area contributed by atoms with Crippen molar-refractivity contribution in [2.75, 3.05) is 0 Å². The molecule has 0 N–H and O–H groups in total. The lowest BCUT2D eigenvalue weighted by molar-refractivity contribution is -0.159. The molecule has 3 aromatic heterocycles. The summed E-state index contributed by atoms with van der Waals surface area (Å²) in [5, 5.41) is 7.15. The Hall–Kier alpha value is -3.63. The first kappa shape index (κ1) is 15.9. The molecular weight excluding hydrogens is 353 g/mol. The number of hydrogen-bond donors (Lipinski definition) is 0. The van der Waals surface area contributed by atoms with Crippen LogP contribution in [0.2, 0.25) is 0 Å². The third-order valence-electron chi connectivity index (χ3n) is 3.28. The van der Waals surface area contributed by atoms with Gasteiger partial charge in [-0.1, -0.05) is 22.4 Å². The lowest BCUT2D eigenvalue weighted by atomic mass is 10.1. The summed E-state index contributed by atoms with van der Waals surface area (Å²) in [6.45, 7) is 0. The SMILES string of the molecule is FC(F)(F)c1nc(-c2ccc(-c3nc(-c4cnccn4)no3)cc2)no1. The zero-order valence-electron chi connectivity index (χ0n) is 12.7. The topological polar surface area (TPSA) is 104 Å². The molecule has 0 aliphatic rings. The van der Waals surface area contributed by atoms with Gasteiger partial charge in [-0.3, -0.25) is 4.98 Å². The monoisotopic (exact) mass is 360 g/mol. The van der Waals surface area contributed by atoms with Gasteiger partial charge in [-0.2, -0.15) is 23.1 Å². The first-order chi connectivity index (χ1) is 12.5. The fourth-order valence-electron chi connectivity index (χ4n) is 2.08. The van der Waals surface area contributed by atoms with Gasteiger partial charge < -0.3 is 9.05 Å². The van der Waals surface area contributed by atoms with E-state index in [2.05, 4.69) is 34.8 Å². The zero-order valence-corrected chi connectivity index (χ0v) is 12.7. The predicted octanol–water partition coefficient (Wildman–Crippen LogP) is 3.26. The number of alkyl halides is 3. The molecule has 0 aliphatic heterocycles. The van der Waals surface area contributed by atoms with Gasteiger partial charge in [0.2, 0.25) is 11.6 Å². The second kappa shape index (κ2) is 6.02. The third kappa shape index (κ3) is 3.01. The van der Waals surface area contributed by atoms with Crippen LogP contribution in [0.5, 0.6) is 0 Å². The van der Waals surface area contributed by atoms with Crippen molar-refractivity contribution in [3.63, 3.8) is 0 Å². The molecule has 0 unspecified atom stereocenters. The highest BCUT2D eigenvalue weighted by Gasteiger charge is 2.38. The average Bonchev–Trinajstić information content (AvgIpc) is 3.32. The summed E-state index contributed by atoms with van der Waals surface area (Å²) in [5.41, 5.74) is 1.36. The quantitative estimate of drug-likeness (QED) is 0.548. The number of rotatable bonds is 3. The lowest BCUT2D eigenvalue weighted by Crippen LogP contribution is -2.04. The summed E-state index contributed by atoms with van der Waals surface area (Å²) in [6.07, 6.45) is -0.177. The molecule has 4 rings (SSSR count). The molecule has 1 aromatic carbocycles. The molecule has 0 aliphatic carbocycles. The molecule has 0 spiro atoms. The van der Waals surface area contributed by atoms with Gasteiger partial charge in [0.15, 0.2) is 0 Å². The van der Waals surface area contributed by atoms with Gasteiger partial charge >= 0.3 is 12.1 Å². The van der Waals surface area contributed by atoms with Gasteiger partial charge in [-0.25, -0.2) is 4.98 Å². The number of nitrogens with zero attached hydrogens (tertiary/aromatic N) is 6. The van der Waals surface area contributed by atoms with E-state index in [-0.39, 0.29) is 17.5 Å². The summed E-state index contributed by atoms with van der Waals surface area (Å²) in [4.78, 5) is 15.5. The van der Waals surface area contributed by atoms with Crippen molar-refractivity contribution in [3.05, 3.63) is 48.7 Å². The van der Waals surface area contributed by atoms with Crippen LogP contribution in [0.3, 0.4) is 0 Å². The number of aromatic nitrogens is 6. The van der Waals surface area contributed by atoms with E-state index in [0.29, 0.717) is 16.8 Å². The van der Waals surface area contributed by atoms with E-state index in [4.69, 9.17) is 4.52 Å². The second-order valence-electron chi connectivity index (χ2n) is 5.01. The van der Waals surface area contributed by atoms with Gasteiger partial charge in [-0.05, 0) is 12.1 Å². The third-order valence-corrected chi connectivity index (χ3v) is 3.28. The van der Waals surface area contributed by atoms with Crippen LogP contribution in [0.15, 0.2) is 51.9 Å². The van der Waals surface area contributed by atoms with E-state index in [9.17, 15) is 13.2 Å². The Balaban J connectivity index is 1.59. The Morgan fingerprint density at radius 2 is 1.54 bits per heavy atom. The molecule has 130 valence electrons. The summed E-state index contributed by atoms with van der Waals surface area (Å²) >= 11 is 0. The standard InChI is InChI=1S/C15H7F3N6O2/c16-15(17,18)14-22-11(23-26-14)8-1-3-9(4-2-8)13-21-12(24-25-13)10-7-19-5-6-20-10/h1-7H.